The van der Waals surface area contributed by atoms with Gasteiger partial charge in [-0.1, -0.05) is 6.92 Å². The van der Waals surface area contributed by atoms with Crippen LogP contribution in [0.2, 0.25) is 0 Å². The van der Waals surface area contributed by atoms with Crippen LogP contribution in [0, 0.1) is 0 Å². The van der Waals surface area contributed by atoms with Crippen LogP contribution in [0.3, 0.4) is 0 Å². The minimum Gasteiger partial charge on any atom is -0.390 e. The number of aliphatic hydroxyl groups excluding tert-OH is 1. The van der Waals surface area contributed by atoms with Gasteiger partial charge in [0.2, 0.25) is 5.91 Å². The third-order valence-electron chi connectivity index (χ3n) is 3.34. The predicted molar refractivity (Wildman–Crippen MR) is 76.1 cm³/mol. The van der Waals surface area contributed by atoms with Gasteiger partial charge < -0.3 is 15.7 Å². The molecule has 19 heavy (non-hydrogen) atoms. The largest absolute Gasteiger partial charge is 0.390 e. The standard InChI is InChI=1S/C13H28N4O2/c1-3-15-13(19)11-16(4-2)9-12(18)10-17-7-5-14-6-8-17/h12,14,18H,3-11H2,1-2H3,(H,15,19). The Bertz CT molecular complexity index is 257. The summed E-state index contributed by atoms with van der Waals surface area (Å²) >= 11 is 0. The maximum Gasteiger partial charge on any atom is 0.234 e. The van der Waals surface area contributed by atoms with Crippen molar-refractivity contribution < 1.29 is 9.90 Å². The molecule has 0 bridgehead atoms. The van der Waals surface area contributed by atoms with Crippen LogP contribution >= 0.6 is 0 Å². The second-order valence-corrected chi connectivity index (χ2v) is 4.99. The summed E-state index contributed by atoms with van der Waals surface area (Å²) in [7, 11) is 0. The molecule has 1 rings (SSSR count). The third kappa shape index (κ3) is 6.87. The Kier molecular flexibility index (Phi) is 7.97. The summed E-state index contributed by atoms with van der Waals surface area (Å²) < 4.78 is 0. The van der Waals surface area contributed by atoms with Crippen molar-refractivity contribution in [3.8, 4) is 0 Å². The number of amides is 1. The highest BCUT2D eigenvalue weighted by molar-refractivity contribution is 5.77. The highest BCUT2D eigenvalue weighted by atomic mass is 16.3. The number of β-amino-alcohol motifs (C(OH)–C–C–N with tert-alkyl or cyclic N) is 1. The number of nitrogens with one attached hydrogen (secondary N) is 2. The molecule has 1 unspecified atom stereocenters. The van der Waals surface area contributed by atoms with Crippen LogP contribution in [-0.2, 0) is 4.79 Å². The second kappa shape index (κ2) is 9.25. The van der Waals surface area contributed by atoms with E-state index < -0.39 is 6.10 Å². The molecule has 0 aliphatic carbocycles. The average Bonchev–Trinajstić information content (AvgIpc) is 2.39. The number of carbonyl (C=O) groups excluding carboxylic acids is 1. The molecule has 1 saturated heterocycles. The molecule has 1 aliphatic rings. The van der Waals surface area contributed by atoms with Crippen LogP contribution in [0.4, 0.5) is 0 Å². The normalized spacial score (nSPS) is 18.5. The molecule has 3 N–H and O–H groups in total. The lowest BCUT2D eigenvalue weighted by molar-refractivity contribution is -0.122. The molecular weight excluding hydrogens is 244 g/mol. The fourth-order valence-corrected chi connectivity index (χ4v) is 2.31. The van der Waals surface area contributed by atoms with Gasteiger partial charge in [0.05, 0.1) is 12.6 Å². The molecule has 1 amide bonds. The van der Waals surface area contributed by atoms with E-state index in [9.17, 15) is 9.90 Å². The number of likely N-dealkylation sites (N-methyl/N-ethyl adjacent to an activating group) is 2. The molecule has 6 heteroatoms. The van der Waals surface area contributed by atoms with Crippen LogP contribution in [-0.4, -0.2) is 85.8 Å². The molecule has 1 aliphatic heterocycles. The molecule has 6 nitrogen and oxygen atoms in total. The molecule has 1 heterocycles. The van der Waals surface area contributed by atoms with Crippen molar-refractivity contribution in [2.75, 3.05) is 58.9 Å². The van der Waals surface area contributed by atoms with E-state index in [1.54, 1.807) is 0 Å². The summed E-state index contributed by atoms with van der Waals surface area (Å²) in [4.78, 5) is 15.8. The lowest BCUT2D eigenvalue weighted by Crippen LogP contribution is -2.49. The number of piperazine rings is 1. The fraction of sp³-hybridized carbons (Fsp3) is 0.923. The topological polar surface area (TPSA) is 67.8 Å². The van der Waals surface area contributed by atoms with Gasteiger partial charge in [-0.2, -0.15) is 0 Å². The number of rotatable bonds is 8. The van der Waals surface area contributed by atoms with Gasteiger partial charge in [0.25, 0.3) is 0 Å². The van der Waals surface area contributed by atoms with Gasteiger partial charge in [0.15, 0.2) is 0 Å². The zero-order valence-corrected chi connectivity index (χ0v) is 12.2. The average molecular weight is 272 g/mol. The van der Waals surface area contributed by atoms with Crippen molar-refractivity contribution in [3.05, 3.63) is 0 Å². The molecule has 0 aromatic heterocycles. The lowest BCUT2D eigenvalue weighted by atomic mass is 10.2. The Balaban J connectivity index is 2.26. The quantitative estimate of drug-likeness (QED) is 0.513. The number of hydrogen-bond donors (Lipinski definition) is 3. The Morgan fingerprint density at radius 3 is 2.68 bits per heavy atom. The summed E-state index contributed by atoms with van der Waals surface area (Å²) in [6.45, 7) is 10.9. The van der Waals surface area contributed by atoms with Gasteiger partial charge in [-0.05, 0) is 13.5 Å². The van der Waals surface area contributed by atoms with E-state index in [1.165, 1.54) is 0 Å². The first-order valence-electron chi connectivity index (χ1n) is 7.25. The highest BCUT2D eigenvalue weighted by Gasteiger charge is 2.17. The van der Waals surface area contributed by atoms with Crippen molar-refractivity contribution >= 4 is 5.91 Å². The number of nitrogens with zero attached hydrogens (tertiary/aromatic N) is 2. The molecule has 112 valence electrons. The number of carbonyl (C=O) groups is 1. The zero-order valence-electron chi connectivity index (χ0n) is 12.2. The first-order chi connectivity index (χ1) is 9.15. The van der Waals surface area contributed by atoms with Gasteiger partial charge in [-0.15, -0.1) is 0 Å². The predicted octanol–water partition coefficient (Wildman–Crippen LogP) is -1.29. The van der Waals surface area contributed by atoms with Crippen LogP contribution < -0.4 is 10.6 Å². The highest BCUT2D eigenvalue weighted by Crippen LogP contribution is 1.98. The Labute approximate surface area is 116 Å². The molecule has 1 atom stereocenters. The van der Waals surface area contributed by atoms with Crippen molar-refractivity contribution in [3.63, 3.8) is 0 Å². The van der Waals surface area contributed by atoms with Crippen molar-refractivity contribution in [1.29, 1.82) is 0 Å². The third-order valence-corrected chi connectivity index (χ3v) is 3.34. The van der Waals surface area contributed by atoms with Gasteiger partial charge in [-0.3, -0.25) is 14.6 Å². The van der Waals surface area contributed by atoms with E-state index in [4.69, 9.17) is 0 Å². The van der Waals surface area contributed by atoms with E-state index in [0.29, 0.717) is 26.2 Å². The second-order valence-electron chi connectivity index (χ2n) is 4.99. The Morgan fingerprint density at radius 1 is 1.42 bits per heavy atom. The monoisotopic (exact) mass is 272 g/mol. The summed E-state index contributed by atoms with van der Waals surface area (Å²) in [5.74, 6) is 0.0266. The van der Waals surface area contributed by atoms with Gasteiger partial charge in [0.1, 0.15) is 0 Å². The summed E-state index contributed by atoms with van der Waals surface area (Å²) in [6.07, 6.45) is -0.396. The van der Waals surface area contributed by atoms with Crippen LogP contribution in [0.5, 0.6) is 0 Å². The van der Waals surface area contributed by atoms with E-state index in [2.05, 4.69) is 15.5 Å². The van der Waals surface area contributed by atoms with E-state index in [1.807, 2.05) is 18.7 Å². The maximum atomic E-state index is 11.5. The molecule has 0 radical (unpaired) electrons. The Morgan fingerprint density at radius 2 is 2.11 bits per heavy atom. The van der Waals surface area contributed by atoms with Gasteiger partial charge >= 0.3 is 0 Å². The summed E-state index contributed by atoms with van der Waals surface area (Å²) in [5, 5.41) is 16.2. The van der Waals surface area contributed by atoms with Crippen LogP contribution in [0.1, 0.15) is 13.8 Å². The molecule has 0 spiro atoms. The van der Waals surface area contributed by atoms with Crippen LogP contribution in [0.15, 0.2) is 0 Å². The smallest absolute Gasteiger partial charge is 0.234 e. The fourth-order valence-electron chi connectivity index (χ4n) is 2.31. The molecule has 0 aromatic carbocycles. The summed E-state index contributed by atoms with van der Waals surface area (Å²) in [6, 6.07) is 0. The molecule has 1 fully saturated rings. The Hall–Kier alpha value is -0.690. The lowest BCUT2D eigenvalue weighted by Gasteiger charge is -2.31. The maximum absolute atomic E-state index is 11.5. The van der Waals surface area contributed by atoms with Crippen molar-refractivity contribution in [1.82, 2.24) is 20.4 Å². The number of aliphatic hydroxyl groups is 1. The molecular formula is C13H28N4O2. The van der Waals surface area contributed by atoms with E-state index >= 15 is 0 Å². The first-order valence-corrected chi connectivity index (χ1v) is 7.25. The molecule has 0 saturated carbocycles. The molecule has 0 aromatic rings. The van der Waals surface area contributed by atoms with Crippen molar-refractivity contribution in [2.45, 2.75) is 20.0 Å². The SMILES string of the molecule is CCNC(=O)CN(CC)CC(O)CN1CCNCC1. The van der Waals surface area contributed by atoms with E-state index in [0.717, 1.165) is 32.7 Å². The van der Waals surface area contributed by atoms with Crippen molar-refractivity contribution in [2.24, 2.45) is 0 Å². The summed E-state index contributed by atoms with van der Waals surface area (Å²) in [5.41, 5.74) is 0. The number of hydrogen-bond acceptors (Lipinski definition) is 5. The first kappa shape index (κ1) is 16.4. The zero-order chi connectivity index (χ0) is 14.1. The van der Waals surface area contributed by atoms with Gasteiger partial charge in [0, 0.05) is 45.8 Å². The van der Waals surface area contributed by atoms with Gasteiger partial charge in [-0.25, -0.2) is 0 Å². The van der Waals surface area contributed by atoms with E-state index in [-0.39, 0.29) is 5.91 Å². The minimum atomic E-state index is -0.396. The van der Waals surface area contributed by atoms with Crippen LogP contribution in [0.25, 0.3) is 0 Å². The minimum absolute atomic E-state index is 0.0266.